The van der Waals surface area contributed by atoms with Crippen LogP contribution in [-0.2, 0) is 0 Å². The van der Waals surface area contributed by atoms with E-state index in [0.29, 0.717) is 0 Å². The normalized spacial score (nSPS) is 19.6. The summed E-state index contributed by atoms with van der Waals surface area (Å²) in [6.45, 7) is 1.16. The zero-order valence-corrected chi connectivity index (χ0v) is 10.8. The second-order valence-corrected chi connectivity index (χ2v) is 5.02. The third-order valence-electron chi connectivity index (χ3n) is 3.70. The Morgan fingerprint density at radius 1 is 1.37 bits per heavy atom. The van der Waals surface area contributed by atoms with Gasteiger partial charge in [0.2, 0.25) is 0 Å². The van der Waals surface area contributed by atoms with Gasteiger partial charge in [-0.2, -0.15) is 0 Å². The predicted molar refractivity (Wildman–Crippen MR) is 78.8 cm³/mol. The highest BCUT2D eigenvalue weighted by molar-refractivity contribution is 5.94. The molecule has 1 aliphatic rings. The van der Waals surface area contributed by atoms with Gasteiger partial charge in [-0.25, -0.2) is 0 Å². The van der Waals surface area contributed by atoms with Crippen molar-refractivity contribution >= 4 is 22.2 Å². The fraction of sp³-hybridized carbons (Fsp3) is 0.333. The van der Waals surface area contributed by atoms with E-state index >= 15 is 0 Å². The van der Waals surface area contributed by atoms with Gasteiger partial charge in [-0.05, 0) is 43.2 Å². The van der Waals surface area contributed by atoms with Crippen molar-refractivity contribution in [1.82, 2.24) is 10.3 Å². The maximum atomic E-state index is 9.05. The van der Waals surface area contributed by atoms with Crippen molar-refractivity contribution in [3.05, 3.63) is 36.0 Å². The number of H-pyrrole nitrogens is 1. The molecule has 0 spiro atoms. The van der Waals surface area contributed by atoms with Crippen molar-refractivity contribution in [2.75, 3.05) is 18.9 Å². The standard InChI is InChI=1S/C15H19N3O/c16-11-1-2-15-13(8-11)14(9-18-15)10-3-5-17-12(7-10)4-6-19/h1-2,7-9,12,17-19H,3-6,16H2. The Bertz CT molecular complexity index is 615. The molecule has 5 N–H and O–H groups in total. The second-order valence-electron chi connectivity index (χ2n) is 5.02. The molecule has 0 amide bonds. The molecule has 2 heterocycles. The number of rotatable bonds is 3. The SMILES string of the molecule is Nc1ccc2[nH]cc(C3=CC(CCO)NCC3)c2c1. The van der Waals surface area contributed by atoms with Crippen LogP contribution in [0.3, 0.4) is 0 Å². The average molecular weight is 257 g/mol. The van der Waals surface area contributed by atoms with Crippen molar-refractivity contribution in [1.29, 1.82) is 0 Å². The zero-order chi connectivity index (χ0) is 13.2. The van der Waals surface area contributed by atoms with Crippen molar-refractivity contribution in [2.45, 2.75) is 18.9 Å². The average Bonchev–Trinajstić information content (AvgIpc) is 2.82. The highest BCUT2D eigenvalue weighted by Gasteiger charge is 2.16. The molecule has 19 heavy (non-hydrogen) atoms. The lowest BCUT2D eigenvalue weighted by atomic mass is 9.95. The smallest absolute Gasteiger partial charge is 0.0461 e. The maximum Gasteiger partial charge on any atom is 0.0461 e. The van der Waals surface area contributed by atoms with Gasteiger partial charge in [-0.3, -0.25) is 0 Å². The van der Waals surface area contributed by atoms with Crippen molar-refractivity contribution in [3.8, 4) is 0 Å². The Labute approximate surface area is 112 Å². The molecular formula is C15H19N3O. The van der Waals surface area contributed by atoms with Crippen molar-refractivity contribution < 1.29 is 5.11 Å². The molecule has 1 aliphatic heterocycles. The molecule has 1 aromatic carbocycles. The van der Waals surface area contributed by atoms with Gasteiger partial charge in [0.25, 0.3) is 0 Å². The van der Waals surface area contributed by atoms with Crippen LogP contribution in [0.1, 0.15) is 18.4 Å². The number of aromatic amines is 1. The van der Waals surface area contributed by atoms with E-state index < -0.39 is 0 Å². The van der Waals surface area contributed by atoms with Gasteiger partial charge in [-0.1, -0.05) is 6.08 Å². The van der Waals surface area contributed by atoms with Crippen LogP contribution < -0.4 is 11.1 Å². The molecular weight excluding hydrogens is 238 g/mol. The topological polar surface area (TPSA) is 74.1 Å². The highest BCUT2D eigenvalue weighted by atomic mass is 16.3. The molecule has 1 aromatic heterocycles. The second kappa shape index (κ2) is 5.07. The molecule has 100 valence electrons. The van der Waals surface area contributed by atoms with Crippen molar-refractivity contribution in [2.24, 2.45) is 0 Å². The lowest BCUT2D eigenvalue weighted by molar-refractivity contribution is 0.274. The van der Waals surface area contributed by atoms with Crippen LogP contribution in [0, 0.1) is 0 Å². The number of anilines is 1. The van der Waals surface area contributed by atoms with Crippen molar-refractivity contribution in [3.63, 3.8) is 0 Å². The third kappa shape index (κ3) is 2.37. The van der Waals surface area contributed by atoms with E-state index in [0.717, 1.165) is 30.6 Å². The molecule has 0 saturated carbocycles. The molecule has 0 aliphatic carbocycles. The summed E-state index contributed by atoms with van der Waals surface area (Å²) < 4.78 is 0. The van der Waals surface area contributed by atoms with Crippen LogP contribution in [-0.4, -0.2) is 29.3 Å². The Morgan fingerprint density at radius 3 is 3.11 bits per heavy atom. The number of fused-ring (bicyclic) bond motifs is 1. The monoisotopic (exact) mass is 257 g/mol. The van der Waals surface area contributed by atoms with Crippen LogP contribution in [0.2, 0.25) is 0 Å². The first-order valence-electron chi connectivity index (χ1n) is 6.70. The number of nitrogens with two attached hydrogens (primary N) is 1. The summed E-state index contributed by atoms with van der Waals surface area (Å²) in [6.07, 6.45) is 6.04. The molecule has 4 nitrogen and oxygen atoms in total. The van der Waals surface area contributed by atoms with Crippen LogP contribution in [0.15, 0.2) is 30.5 Å². The van der Waals surface area contributed by atoms with E-state index in [-0.39, 0.29) is 12.6 Å². The summed E-state index contributed by atoms with van der Waals surface area (Å²) in [6, 6.07) is 6.21. The van der Waals surface area contributed by atoms with Gasteiger partial charge in [0, 0.05) is 41.0 Å². The maximum absolute atomic E-state index is 9.05. The van der Waals surface area contributed by atoms with Crippen LogP contribution in [0.25, 0.3) is 16.5 Å². The zero-order valence-electron chi connectivity index (χ0n) is 10.8. The minimum atomic E-state index is 0.211. The number of aliphatic hydroxyl groups is 1. The number of aromatic nitrogens is 1. The number of hydrogen-bond acceptors (Lipinski definition) is 3. The molecule has 1 atom stereocenters. The van der Waals surface area contributed by atoms with Gasteiger partial charge >= 0.3 is 0 Å². The highest BCUT2D eigenvalue weighted by Crippen LogP contribution is 2.30. The Kier molecular flexibility index (Phi) is 3.27. The largest absolute Gasteiger partial charge is 0.399 e. The fourth-order valence-corrected chi connectivity index (χ4v) is 2.73. The number of aliphatic hydroxyl groups excluding tert-OH is 1. The minimum absolute atomic E-state index is 0.211. The van der Waals surface area contributed by atoms with Crippen LogP contribution in [0.4, 0.5) is 5.69 Å². The molecule has 0 saturated heterocycles. The Balaban J connectivity index is 2.01. The Hall–Kier alpha value is -1.78. The van der Waals surface area contributed by atoms with Gasteiger partial charge in [0.1, 0.15) is 0 Å². The lowest BCUT2D eigenvalue weighted by Gasteiger charge is -2.22. The van der Waals surface area contributed by atoms with E-state index in [2.05, 4.69) is 22.6 Å². The first-order valence-corrected chi connectivity index (χ1v) is 6.70. The molecule has 0 bridgehead atoms. The van der Waals surface area contributed by atoms with E-state index in [1.54, 1.807) is 0 Å². The van der Waals surface area contributed by atoms with E-state index in [9.17, 15) is 0 Å². The van der Waals surface area contributed by atoms with Gasteiger partial charge in [0.15, 0.2) is 0 Å². The summed E-state index contributed by atoms with van der Waals surface area (Å²) in [5.41, 5.74) is 10.3. The lowest BCUT2D eigenvalue weighted by Crippen LogP contribution is -2.32. The summed E-state index contributed by atoms with van der Waals surface area (Å²) >= 11 is 0. The quantitative estimate of drug-likeness (QED) is 0.634. The minimum Gasteiger partial charge on any atom is -0.399 e. The molecule has 0 radical (unpaired) electrons. The van der Waals surface area contributed by atoms with Gasteiger partial charge in [0.05, 0.1) is 0 Å². The third-order valence-corrected chi connectivity index (χ3v) is 3.70. The molecule has 2 aromatic rings. The summed E-state index contributed by atoms with van der Waals surface area (Å²) in [5.74, 6) is 0. The van der Waals surface area contributed by atoms with E-state index in [4.69, 9.17) is 10.8 Å². The molecule has 1 unspecified atom stereocenters. The summed E-state index contributed by atoms with van der Waals surface area (Å²) in [4.78, 5) is 3.29. The molecule has 3 rings (SSSR count). The summed E-state index contributed by atoms with van der Waals surface area (Å²) in [7, 11) is 0. The number of nitrogen functional groups attached to an aromatic ring is 1. The van der Waals surface area contributed by atoms with Crippen LogP contribution >= 0.6 is 0 Å². The summed E-state index contributed by atoms with van der Waals surface area (Å²) in [5, 5.41) is 13.6. The number of hydrogen-bond donors (Lipinski definition) is 4. The van der Waals surface area contributed by atoms with Crippen LogP contribution in [0.5, 0.6) is 0 Å². The number of nitrogens with one attached hydrogen (secondary N) is 2. The Morgan fingerprint density at radius 2 is 2.26 bits per heavy atom. The first kappa shape index (κ1) is 12.3. The number of benzene rings is 1. The van der Waals surface area contributed by atoms with E-state index in [1.807, 2.05) is 18.2 Å². The molecule has 0 fully saturated rings. The first-order chi connectivity index (χ1) is 9.28. The van der Waals surface area contributed by atoms with E-state index in [1.165, 1.54) is 16.5 Å². The van der Waals surface area contributed by atoms with Gasteiger partial charge < -0.3 is 21.1 Å². The molecule has 4 heteroatoms. The van der Waals surface area contributed by atoms with Gasteiger partial charge in [-0.15, -0.1) is 0 Å². The predicted octanol–water partition coefficient (Wildman–Crippen LogP) is 1.88. The fourth-order valence-electron chi connectivity index (χ4n) is 2.73.